The van der Waals surface area contributed by atoms with Crippen LogP contribution in [0.4, 0.5) is 14.5 Å². The maximum absolute atomic E-state index is 13.8. The molecule has 0 radical (unpaired) electrons. The van der Waals surface area contributed by atoms with Crippen LogP contribution in [0.5, 0.6) is 0 Å². The van der Waals surface area contributed by atoms with E-state index in [1.807, 2.05) is 0 Å². The molecular weight excluding hydrogens is 360 g/mol. The van der Waals surface area contributed by atoms with Gasteiger partial charge in [0.05, 0.1) is 11.4 Å². The summed E-state index contributed by atoms with van der Waals surface area (Å²) in [5.41, 5.74) is 1.81. The lowest BCUT2D eigenvalue weighted by molar-refractivity contribution is 0.0102. The van der Waals surface area contributed by atoms with Gasteiger partial charge >= 0.3 is 0 Å². The molecule has 4 nitrogen and oxygen atoms in total. The lowest BCUT2D eigenvalue weighted by atomic mass is 10.2. The van der Waals surface area contributed by atoms with E-state index in [1.165, 1.54) is 10.7 Å². The van der Waals surface area contributed by atoms with Crippen molar-refractivity contribution >= 4 is 23.2 Å². The highest BCUT2D eigenvalue weighted by atomic mass is 35.5. The second-order valence-corrected chi connectivity index (χ2v) is 6.42. The van der Waals surface area contributed by atoms with Crippen molar-refractivity contribution in [1.29, 1.82) is 0 Å². The summed E-state index contributed by atoms with van der Waals surface area (Å²) in [6.07, 6.45) is 0. The Kier molecular flexibility index (Phi) is 4.78. The van der Waals surface area contributed by atoms with Crippen LogP contribution in [0.25, 0.3) is 5.69 Å². The zero-order chi connectivity index (χ0) is 18.9. The Hall–Kier alpha value is -2.73. The number of aryl methyl sites for hydroxylation is 1. The van der Waals surface area contributed by atoms with Crippen molar-refractivity contribution in [3.05, 3.63) is 76.6 Å². The molecular formula is C19H16ClF2N3O. The average Bonchev–Trinajstić information content (AvgIpc) is 2.98. The minimum Gasteiger partial charge on any atom is -0.322 e. The second-order valence-electron chi connectivity index (χ2n) is 5.98. The van der Waals surface area contributed by atoms with E-state index in [4.69, 9.17) is 11.6 Å². The first-order valence-corrected chi connectivity index (χ1v) is 8.24. The van der Waals surface area contributed by atoms with E-state index in [9.17, 15) is 13.6 Å². The van der Waals surface area contributed by atoms with Gasteiger partial charge < -0.3 is 5.32 Å². The summed E-state index contributed by atoms with van der Waals surface area (Å²) in [6, 6.07) is 14.4. The number of carbonyl (C=O) groups is 1. The van der Waals surface area contributed by atoms with Crippen LogP contribution in [0.1, 0.15) is 28.7 Å². The van der Waals surface area contributed by atoms with E-state index in [-0.39, 0.29) is 11.6 Å². The molecule has 0 spiro atoms. The first-order valence-electron chi connectivity index (χ1n) is 7.86. The third kappa shape index (κ3) is 3.91. The lowest BCUT2D eigenvalue weighted by Gasteiger charge is -2.13. The van der Waals surface area contributed by atoms with E-state index in [2.05, 4.69) is 10.4 Å². The molecule has 0 atom stereocenters. The summed E-state index contributed by atoms with van der Waals surface area (Å²) in [4.78, 5) is 12.2. The highest BCUT2D eigenvalue weighted by Crippen LogP contribution is 2.29. The molecule has 1 aromatic heterocycles. The molecule has 0 fully saturated rings. The van der Waals surface area contributed by atoms with E-state index in [1.54, 1.807) is 55.5 Å². The summed E-state index contributed by atoms with van der Waals surface area (Å²) >= 11 is 5.81. The fourth-order valence-electron chi connectivity index (χ4n) is 2.50. The van der Waals surface area contributed by atoms with Crippen molar-refractivity contribution in [3.63, 3.8) is 0 Å². The number of alkyl halides is 2. The largest absolute Gasteiger partial charge is 0.322 e. The van der Waals surface area contributed by atoms with Crippen molar-refractivity contribution in [2.45, 2.75) is 19.8 Å². The molecule has 0 aliphatic heterocycles. The van der Waals surface area contributed by atoms with Crippen LogP contribution in [-0.2, 0) is 5.92 Å². The van der Waals surface area contributed by atoms with Crippen molar-refractivity contribution in [2.24, 2.45) is 0 Å². The van der Waals surface area contributed by atoms with Crippen LogP contribution in [0, 0.1) is 6.92 Å². The Morgan fingerprint density at radius 1 is 1.12 bits per heavy atom. The van der Waals surface area contributed by atoms with Crippen LogP contribution >= 0.6 is 11.6 Å². The van der Waals surface area contributed by atoms with E-state index >= 15 is 0 Å². The number of anilines is 1. The maximum Gasteiger partial charge on any atom is 0.287 e. The van der Waals surface area contributed by atoms with Gasteiger partial charge in [-0.25, -0.2) is 4.68 Å². The quantitative estimate of drug-likeness (QED) is 0.681. The Bertz CT molecular complexity index is 929. The van der Waals surface area contributed by atoms with Crippen LogP contribution in [0.2, 0.25) is 5.02 Å². The topological polar surface area (TPSA) is 46.9 Å². The fraction of sp³-hybridized carbons (Fsp3) is 0.158. The van der Waals surface area contributed by atoms with Gasteiger partial charge in [-0.05, 0) is 61.5 Å². The number of hydrogen-bond acceptors (Lipinski definition) is 2. The van der Waals surface area contributed by atoms with Gasteiger partial charge in [0.25, 0.3) is 11.8 Å². The minimum atomic E-state index is -3.01. The number of nitrogens with one attached hydrogen (secondary N) is 1. The molecule has 0 unspecified atom stereocenters. The average molecular weight is 376 g/mol. The third-order valence-electron chi connectivity index (χ3n) is 3.76. The number of nitrogens with zero attached hydrogens (tertiary/aromatic N) is 2. The number of halogens is 3. The lowest BCUT2D eigenvalue weighted by Crippen LogP contribution is -2.15. The Morgan fingerprint density at radius 3 is 2.31 bits per heavy atom. The summed E-state index contributed by atoms with van der Waals surface area (Å²) in [7, 11) is 0. The first-order chi connectivity index (χ1) is 12.2. The van der Waals surface area contributed by atoms with Crippen LogP contribution in [0.3, 0.4) is 0 Å². The molecule has 3 aromatic rings. The monoisotopic (exact) mass is 375 g/mol. The Morgan fingerprint density at radius 2 is 1.73 bits per heavy atom. The summed E-state index contributed by atoms with van der Waals surface area (Å²) < 4.78 is 28.7. The van der Waals surface area contributed by atoms with E-state index in [0.717, 1.165) is 6.92 Å². The molecule has 1 heterocycles. The number of aromatic nitrogens is 2. The molecule has 2 aromatic carbocycles. The van der Waals surface area contributed by atoms with Crippen molar-refractivity contribution in [3.8, 4) is 5.69 Å². The molecule has 0 saturated carbocycles. The number of amides is 1. The first kappa shape index (κ1) is 18.1. The van der Waals surface area contributed by atoms with Crippen LogP contribution < -0.4 is 5.32 Å². The van der Waals surface area contributed by atoms with Gasteiger partial charge in [-0.2, -0.15) is 13.9 Å². The maximum atomic E-state index is 13.8. The summed E-state index contributed by atoms with van der Waals surface area (Å²) in [5.74, 6) is -3.30. The number of carbonyl (C=O) groups excluding carboxylic acids is 1. The highest BCUT2D eigenvalue weighted by Gasteiger charge is 2.30. The van der Waals surface area contributed by atoms with E-state index in [0.29, 0.717) is 27.7 Å². The number of rotatable bonds is 4. The molecule has 3 rings (SSSR count). The predicted octanol–water partition coefficient (Wildman–Crippen LogP) is 5.20. The van der Waals surface area contributed by atoms with Gasteiger partial charge in [0.2, 0.25) is 0 Å². The molecule has 0 bridgehead atoms. The van der Waals surface area contributed by atoms with Gasteiger partial charge in [0.15, 0.2) is 0 Å². The molecule has 134 valence electrons. The van der Waals surface area contributed by atoms with Gasteiger partial charge in [-0.15, -0.1) is 0 Å². The molecule has 0 saturated heterocycles. The molecule has 0 aliphatic carbocycles. The molecule has 1 amide bonds. The zero-order valence-corrected chi connectivity index (χ0v) is 14.9. The minimum absolute atomic E-state index is 0.187. The summed E-state index contributed by atoms with van der Waals surface area (Å²) in [5, 5.41) is 7.42. The second kappa shape index (κ2) is 6.88. The SMILES string of the molecule is Cc1cc(C(C)(F)F)n(-c2ccc(NC(=O)c3ccc(Cl)cc3)cc2)n1. The highest BCUT2D eigenvalue weighted by molar-refractivity contribution is 6.30. The normalized spacial score (nSPS) is 11.4. The van der Waals surface area contributed by atoms with Crippen LogP contribution in [-0.4, -0.2) is 15.7 Å². The molecule has 7 heteroatoms. The Balaban J connectivity index is 1.81. The smallest absolute Gasteiger partial charge is 0.287 e. The predicted molar refractivity (Wildman–Crippen MR) is 97.3 cm³/mol. The third-order valence-corrected chi connectivity index (χ3v) is 4.01. The standard InChI is InChI=1S/C19H16ClF2N3O/c1-12-11-17(19(2,21)22)25(24-12)16-9-7-15(8-10-16)23-18(26)13-3-5-14(20)6-4-13/h3-11H,1-2H3,(H,23,26). The Labute approximate surface area is 154 Å². The van der Waals surface area contributed by atoms with E-state index < -0.39 is 5.92 Å². The summed E-state index contributed by atoms with van der Waals surface area (Å²) in [6.45, 7) is 2.49. The number of benzene rings is 2. The molecule has 26 heavy (non-hydrogen) atoms. The van der Waals surface area contributed by atoms with Crippen molar-refractivity contribution in [1.82, 2.24) is 9.78 Å². The van der Waals surface area contributed by atoms with Gasteiger partial charge in [0.1, 0.15) is 5.69 Å². The molecule has 0 aliphatic rings. The van der Waals surface area contributed by atoms with Crippen LogP contribution in [0.15, 0.2) is 54.6 Å². The van der Waals surface area contributed by atoms with Crippen molar-refractivity contribution in [2.75, 3.05) is 5.32 Å². The molecule has 1 N–H and O–H groups in total. The van der Waals surface area contributed by atoms with Crippen molar-refractivity contribution < 1.29 is 13.6 Å². The zero-order valence-electron chi connectivity index (χ0n) is 14.1. The number of hydrogen-bond donors (Lipinski definition) is 1. The fourth-order valence-corrected chi connectivity index (χ4v) is 2.63. The van der Waals surface area contributed by atoms with Gasteiger partial charge in [-0.3, -0.25) is 4.79 Å². The van der Waals surface area contributed by atoms with Gasteiger partial charge in [-0.1, -0.05) is 11.6 Å². The van der Waals surface area contributed by atoms with Gasteiger partial charge in [0, 0.05) is 23.2 Å².